The van der Waals surface area contributed by atoms with Crippen LogP contribution in [0.4, 0.5) is 11.4 Å². The fourth-order valence-corrected chi connectivity index (χ4v) is 2.90. The van der Waals surface area contributed by atoms with E-state index in [0.29, 0.717) is 23.6 Å². The number of carbonyl (C=O) groups is 2. The summed E-state index contributed by atoms with van der Waals surface area (Å²) in [6.07, 6.45) is 0.944. The van der Waals surface area contributed by atoms with Crippen molar-refractivity contribution in [2.24, 2.45) is 5.92 Å². The Balaban J connectivity index is 1.94. The molecule has 0 saturated carbocycles. The molecule has 0 aliphatic carbocycles. The molecular formula is C23H31N3O2. The minimum absolute atomic E-state index is 0.111. The molecule has 0 aromatic heterocycles. The lowest BCUT2D eigenvalue weighted by atomic mass is 10.1. The zero-order valence-electron chi connectivity index (χ0n) is 17.3. The van der Waals surface area contributed by atoms with Crippen molar-refractivity contribution in [1.29, 1.82) is 0 Å². The fraction of sp³-hybridized carbons (Fsp3) is 0.391. The number of anilines is 2. The lowest BCUT2D eigenvalue weighted by Gasteiger charge is -2.21. The number of benzene rings is 2. The first-order valence-electron chi connectivity index (χ1n) is 9.99. The summed E-state index contributed by atoms with van der Waals surface area (Å²) in [5, 5.41) is 5.80. The first kappa shape index (κ1) is 21.5. The van der Waals surface area contributed by atoms with E-state index in [1.54, 1.807) is 24.3 Å². The molecule has 5 heteroatoms. The van der Waals surface area contributed by atoms with Crippen LogP contribution in [0, 0.1) is 5.92 Å². The molecular weight excluding hydrogens is 350 g/mol. The van der Waals surface area contributed by atoms with Gasteiger partial charge < -0.3 is 15.5 Å². The Bertz CT molecular complexity index is 763. The number of nitrogens with one attached hydrogen (secondary N) is 2. The molecule has 0 unspecified atom stereocenters. The van der Waals surface area contributed by atoms with Gasteiger partial charge in [-0.25, -0.2) is 0 Å². The summed E-state index contributed by atoms with van der Waals surface area (Å²) >= 11 is 0. The fourth-order valence-electron chi connectivity index (χ4n) is 2.90. The summed E-state index contributed by atoms with van der Waals surface area (Å²) in [7, 11) is 0. The maximum Gasteiger partial charge on any atom is 0.255 e. The van der Waals surface area contributed by atoms with Crippen LogP contribution >= 0.6 is 0 Å². The first-order chi connectivity index (χ1) is 13.4. The molecule has 2 aromatic rings. The molecule has 2 rings (SSSR count). The Labute approximate surface area is 168 Å². The van der Waals surface area contributed by atoms with Crippen LogP contribution in [0.25, 0.3) is 0 Å². The summed E-state index contributed by atoms with van der Waals surface area (Å²) in [5.74, 6) is 0.245. The molecule has 0 spiro atoms. The predicted molar refractivity (Wildman–Crippen MR) is 116 cm³/mol. The van der Waals surface area contributed by atoms with Crippen LogP contribution in [0.2, 0.25) is 0 Å². The van der Waals surface area contributed by atoms with Gasteiger partial charge in [-0.05, 0) is 74.7 Å². The van der Waals surface area contributed by atoms with E-state index in [2.05, 4.69) is 43.2 Å². The molecule has 2 aromatic carbocycles. The Kier molecular flexibility index (Phi) is 8.05. The third-order valence-corrected chi connectivity index (χ3v) is 4.67. The summed E-state index contributed by atoms with van der Waals surface area (Å²) < 4.78 is 0. The molecule has 28 heavy (non-hydrogen) atoms. The second-order valence-corrected chi connectivity index (χ2v) is 7.19. The van der Waals surface area contributed by atoms with Gasteiger partial charge in [0.25, 0.3) is 11.8 Å². The third-order valence-electron chi connectivity index (χ3n) is 4.67. The van der Waals surface area contributed by atoms with Gasteiger partial charge in [0, 0.05) is 42.1 Å². The lowest BCUT2D eigenvalue weighted by molar-refractivity contribution is 0.0950. The molecule has 0 saturated heterocycles. The van der Waals surface area contributed by atoms with Crippen LogP contribution < -0.4 is 15.5 Å². The molecule has 0 radical (unpaired) electrons. The van der Waals surface area contributed by atoms with E-state index in [-0.39, 0.29) is 11.8 Å². The van der Waals surface area contributed by atoms with Crippen LogP contribution in [0.5, 0.6) is 0 Å². The van der Waals surface area contributed by atoms with Gasteiger partial charge in [0.2, 0.25) is 0 Å². The Morgan fingerprint density at radius 2 is 1.39 bits per heavy atom. The molecule has 0 aliphatic rings. The Hall–Kier alpha value is -2.82. The number of hydrogen-bond acceptors (Lipinski definition) is 3. The molecule has 5 nitrogen and oxygen atoms in total. The summed E-state index contributed by atoms with van der Waals surface area (Å²) in [5.41, 5.74) is 2.96. The zero-order valence-corrected chi connectivity index (χ0v) is 17.3. The van der Waals surface area contributed by atoms with E-state index < -0.39 is 0 Å². The van der Waals surface area contributed by atoms with Crippen LogP contribution in [-0.4, -0.2) is 31.4 Å². The molecule has 0 bridgehead atoms. The summed E-state index contributed by atoms with van der Waals surface area (Å²) in [6, 6.07) is 14.5. The van der Waals surface area contributed by atoms with Crippen molar-refractivity contribution < 1.29 is 9.59 Å². The van der Waals surface area contributed by atoms with Crippen molar-refractivity contribution in [2.45, 2.75) is 34.1 Å². The standard InChI is InChI=1S/C23H31N3O2/c1-5-26(6-2)21-13-11-20(12-14-21)25-23(28)19-9-7-18(8-10-19)22(27)24-16-15-17(3)4/h7-14,17H,5-6,15-16H2,1-4H3,(H,24,27)(H,25,28). The average molecular weight is 382 g/mol. The van der Waals surface area contributed by atoms with Gasteiger partial charge in [0.1, 0.15) is 0 Å². The smallest absolute Gasteiger partial charge is 0.255 e. The van der Waals surface area contributed by atoms with E-state index >= 15 is 0 Å². The van der Waals surface area contributed by atoms with Gasteiger partial charge in [-0.1, -0.05) is 13.8 Å². The van der Waals surface area contributed by atoms with Crippen molar-refractivity contribution in [3.63, 3.8) is 0 Å². The Morgan fingerprint density at radius 3 is 1.89 bits per heavy atom. The molecule has 2 N–H and O–H groups in total. The van der Waals surface area contributed by atoms with Crippen molar-refractivity contribution in [1.82, 2.24) is 5.32 Å². The van der Waals surface area contributed by atoms with Crippen LogP contribution in [-0.2, 0) is 0 Å². The molecule has 0 atom stereocenters. The normalized spacial score (nSPS) is 10.6. The maximum atomic E-state index is 12.5. The summed E-state index contributed by atoms with van der Waals surface area (Å²) in [6.45, 7) is 11.0. The highest BCUT2D eigenvalue weighted by Gasteiger charge is 2.10. The average Bonchev–Trinajstić information content (AvgIpc) is 2.70. The van der Waals surface area contributed by atoms with Gasteiger partial charge in [-0.3, -0.25) is 9.59 Å². The molecule has 0 aliphatic heterocycles. The van der Waals surface area contributed by atoms with Gasteiger partial charge in [-0.15, -0.1) is 0 Å². The predicted octanol–water partition coefficient (Wildman–Crippen LogP) is 4.56. The SMILES string of the molecule is CCN(CC)c1ccc(NC(=O)c2ccc(C(=O)NCCC(C)C)cc2)cc1. The van der Waals surface area contributed by atoms with E-state index in [4.69, 9.17) is 0 Å². The van der Waals surface area contributed by atoms with Crippen molar-refractivity contribution in [3.8, 4) is 0 Å². The van der Waals surface area contributed by atoms with Gasteiger partial charge in [0.15, 0.2) is 0 Å². The van der Waals surface area contributed by atoms with Crippen molar-refractivity contribution in [3.05, 3.63) is 59.7 Å². The van der Waals surface area contributed by atoms with Gasteiger partial charge in [0.05, 0.1) is 0 Å². The van der Waals surface area contributed by atoms with Gasteiger partial charge >= 0.3 is 0 Å². The maximum absolute atomic E-state index is 12.5. The van der Waals surface area contributed by atoms with Gasteiger partial charge in [-0.2, -0.15) is 0 Å². The van der Waals surface area contributed by atoms with E-state index in [0.717, 1.165) is 30.9 Å². The third kappa shape index (κ3) is 6.12. The second kappa shape index (κ2) is 10.5. The van der Waals surface area contributed by atoms with Crippen LogP contribution in [0.3, 0.4) is 0 Å². The summed E-state index contributed by atoms with van der Waals surface area (Å²) in [4.78, 5) is 26.8. The first-order valence-corrected chi connectivity index (χ1v) is 9.99. The largest absolute Gasteiger partial charge is 0.372 e. The van der Waals surface area contributed by atoms with E-state index in [9.17, 15) is 9.59 Å². The molecule has 0 heterocycles. The number of amides is 2. The molecule has 2 amide bonds. The minimum atomic E-state index is -0.192. The zero-order chi connectivity index (χ0) is 20.5. The number of hydrogen-bond donors (Lipinski definition) is 2. The van der Waals surface area contributed by atoms with Crippen LogP contribution in [0.15, 0.2) is 48.5 Å². The van der Waals surface area contributed by atoms with E-state index in [1.165, 1.54) is 0 Å². The number of rotatable bonds is 9. The highest BCUT2D eigenvalue weighted by Crippen LogP contribution is 2.18. The second-order valence-electron chi connectivity index (χ2n) is 7.19. The van der Waals surface area contributed by atoms with E-state index in [1.807, 2.05) is 24.3 Å². The van der Waals surface area contributed by atoms with Crippen molar-refractivity contribution in [2.75, 3.05) is 29.9 Å². The quantitative estimate of drug-likeness (QED) is 0.669. The highest BCUT2D eigenvalue weighted by molar-refractivity contribution is 6.05. The highest BCUT2D eigenvalue weighted by atomic mass is 16.2. The molecule has 0 fully saturated rings. The lowest BCUT2D eigenvalue weighted by Crippen LogP contribution is -2.25. The topological polar surface area (TPSA) is 61.4 Å². The monoisotopic (exact) mass is 381 g/mol. The van der Waals surface area contributed by atoms with Crippen LogP contribution in [0.1, 0.15) is 54.8 Å². The minimum Gasteiger partial charge on any atom is -0.372 e. The molecule has 150 valence electrons. The Morgan fingerprint density at radius 1 is 0.857 bits per heavy atom. The van der Waals surface area contributed by atoms with Crippen molar-refractivity contribution >= 4 is 23.2 Å². The number of nitrogens with zero attached hydrogens (tertiary/aromatic N) is 1. The number of carbonyl (C=O) groups excluding carboxylic acids is 2.